The molecule has 1 rings (SSSR count). The highest BCUT2D eigenvalue weighted by Gasteiger charge is 2.31. The van der Waals surface area contributed by atoms with E-state index >= 15 is 0 Å². The van der Waals surface area contributed by atoms with Crippen LogP contribution >= 0.6 is 0 Å². The van der Waals surface area contributed by atoms with E-state index in [2.05, 4.69) is 9.97 Å². The lowest BCUT2D eigenvalue weighted by Gasteiger charge is -2.23. The van der Waals surface area contributed by atoms with Crippen molar-refractivity contribution in [3.05, 3.63) is 22.2 Å². The van der Waals surface area contributed by atoms with E-state index in [4.69, 9.17) is 5.11 Å². The number of rotatable bonds is 4. The molecule has 2 N–H and O–H groups in total. The van der Waals surface area contributed by atoms with E-state index in [0.717, 1.165) is 11.0 Å². The largest absolute Gasteiger partial charge is 0.405 e. The number of aromatic amines is 1. The van der Waals surface area contributed by atoms with Crippen molar-refractivity contribution in [2.45, 2.75) is 13.1 Å². The fourth-order valence-electron chi connectivity index (χ4n) is 1.34. The summed E-state index contributed by atoms with van der Waals surface area (Å²) in [7, 11) is 0. The van der Waals surface area contributed by atoms with Crippen molar-refractivity contribution in [3.63, 3.8) is 0 Å². The summed E-state index contributed by atoms with van der Waals surface area (Å²) in [6, 6.07) is 0.967. The number of hydrogen-bond donors (Lipinski definition) is 2. The van der Waals surface area contributed by atoms with Gasteiger partial charge < -0.3 is 15.0 Å². The topological polar surface area (TPSA) is 69.2 Å². The Hall–Kier alpha value is -1.57. The Morgan fingerprint density at radius 2 is 2.18 bits per heavy atom. The van der Waals surface area contributed by atoms with Crippen molar-refractivity contribution in [2.24, 2.45) is 0 Å². The maximum Gasteiger partial charge on any atom is 0.405 e. The molecule has 17 heavy (non-hydrogen) atoms. The average molecular weight is 251 g/mol. The first-order chi connectivity index (χ1) is 7.81. The molecule has 0 aliphatic heterocycles. The number of nitrogens with one attached hydrogen (secondary N) is 1. The fraction of sp³-hybridized carbons (Fsp3) is 0.556. The zero-order valence-corrected chi connectivity index (χ0v) is 9.08. The number of nitrogens with zero attached hydrogens (tertiary/aromatic N) is 2. The Bertz CT molecular complexity index is 430. The number of aromatic nitrogens is 2. The quantitative estimate of drug-likeness (QED) is 0.814. The third kappa shape index (κ3) is 4.43. The molecule has 1 aromatic heterocycles. The van der Waals surface area contributed by atoms with Gasteiger partial charge in [-0.25, -0.2) is 4.98 Å². The van der Waals surface area contributed by atoms with Gasteiger partial charge in [0.05, 0.1) is 6.61 Å². The fourth-order valence-corrected chi connectivity index (χ4v) is 1.34. The average Bonchev–Trinajstić information content (AvgIpc) is 2.13. The highest BCUT2D eigenvalue weighted by molar-refractivity contribution is 5.37. The summed E-state index contributed by atoms with van der Waals surface area (Å²) < 4.78 is 36.8. The van der Waals surface area contributed by atoms with Crippen LogP contribution in [0.2, 0.25) is 0 Å². The second-order valence-electron chi connectivity index (χ2n) is 3.45. The van der Waals surface area contributed by atoms with Gasteiger partial charge in [-0.2, -0.15) is 13.2 Å². The summed E-state index contributed by atoms with van der Waals surface area (Å²) in [5.41, 5.74) is -0.530. The summed E-state index contributed by atoms with van der Waals surface area (Å²) in [5, 5.41) is 8.71. The van der Waals surface area contributed by atoms with Crippen molar-refractivity contribution in [2.75, 3.05) is 24.6 Å². The lowest BCUT2D eigenvalue weighted by atomic mass is 10.4. The minimum absolute atomic E-state index is 0.0994. The summed E-state index contributed by atoms with van der Waals surface area (Å²) >= 11 is 0. The molecule has 5 nitrogen and oxygen atoms in total. The van der Waals surface area contributed by atoms with E-state index in [-0.39, 0.29) is 18.2 Å². The third-order valence-electron chi connectivity index (χ3n) is 1.91. The van der Waals surface area contributed by atoms with E-state index in [1.807, 2.05) is 0 Å². The Balaban J connectivity index is 3.00. The Morgan fingerprint density at radius 3 is 2.65 bits per heavy atom. The predicted molar refractivity (Wildman–Crippen MR) is 54.9 cm³/mol. The van der Waals surface area contributed by atoms with Crippen LogP contribution in [0.1, 0.15) is 5.82 Å². The maximum atomic E-state index is 12.3. The molecular formula is C9H12F3N3O2. The smallest absolute Gasteiger partial charge is 0.395 e. The van der Waals surface area contributed by atoms with E-state index < -0.39 is 24.9 Å². The molecule has 0 unspecified atom stereocenters. The van der Waals surface area contributed by atoms with Gasteiger partial charge in [0, 0.05) is 12.6 Å². The SMILES string of the molecule is Cc1nc(N(CCO)CC(F)(F)F)cc(=O)[nH]1. The number of hydrogen-bond acceptors (Lipinski definition) is 4. The van der Waals surface area contributed by atoms with E-state index in [1.54, 1.807) is 0 Å². The monoisotopic (exact) mass is 251 g/mol. The minimum atomic E-state index is -4.42. The van der Waals surface area contributed by atoms with Gasteiger partial charge in [0.1, 0.15) is 18.2 Å². The molecule has 1 aromatic rings. The first kappa shape index (κ1) is 13.5. The predicted octanol–water partition coefficient (Wildman–Crippen LogP) is 0.439. The van der Waals surface area contributed by atoms with Crippen LogP contribution in [0.5, 0.6) is 0 Å². The van der Waals surface area contributed by atoms with Crippen LogP contribution in [-0.2, 0) is 0 Å². The Labute approximate surface area is 94.9 Å². The molecule has 0 atom stereocenters. The van der Waals surface area contributed by atoms with Gasteiger partial charge in [0.15, 0.2) is 0 Å². The van der Waals surface area contributed by atoms with E-state index in [9.17, 15) is 18.0 Å². The summed E-state index contributed by atoms with van der Waals surface area (Å²) in [6.45, 7) is -0.488. The minimum Gasteiger partial charge on any atom is -0.395 e. The molecule has 0 aliphatic carbocycles. The van der Waals surface area contributed by atoms with Crippen molar-refractivity contribution in [1.29, 1.82) is 0 Å². The highest BCUT2D eigenvalue weighted by atomic mass is 19.4. The first-order valence-electron chi connectivity index (χ1n) is 4.82. The lowest BCUT2D eigenvalue weighted by molar-refractivity contribution is -0.120. The van der Waals surface area contributed by atoms with Gasteiger partial charge in [0.25, 0.3) is 5.56 Å². The van der Waals surface area contributed by atoms with Crippen LogP contribution in [0.15, 0.2) is 10.9 Å². The maximum absolute atomic E-state index is 12.3. The zero-order valence-electron chi connectivity index (χ0n) is 9.08. The third-order valence-corrected chi connectivity index (χ3v) is 1.91. The van der Waals surface area contributed by atoms with Gasteiger partial charge >= 0.3 is 6.18 Å². The zero-order chi connectivity index (χ0) is 13.1. The normalized spacial score (nSPS) is 11.6. The molecule has 1 heterocycles. The van der Waals surface area contributed by atoms with Gasteiger partial charge in [-0.1, -0.05) is 0 Å². The molecule has 8 heteroatoms. The highest BCUT2D eigenvalue weighted by Crippen LogP contribution is 2.19. The van der Waals surface area contributed by atoms with Crippen LogP contribution in [0, 0.1) is 6.92 Å². The molecule has 96 valence electrons. The van der Waals surface area contributed by atoms with Crippen molar-refractivity contribution < 1.29 is 18.3 Å². The number of halogens is 3. The Kier molecular flexibility index (Phi) is 4.11. The number of aliphatic hydroxyl groups is 1. The molecule has 0 amide bonds. The van der Waals surface area contributed by atoms with E-state index in [1.165, 1.54) is 6.92 Å². The summed E-state index contributed by atoms with van der Waals surface area (Å²) in [4.78, 5) is 18.1. The van der Waals surface area contributed by atoms with Crippen LogP contribution in [0.3, 0.4) is 0 Å². The first-order valence-corrected chi connectivity index (χ1v) is 4.82. The number of H-pyrrole nitrogens is 1. The second-order valence-corrected chi connectivity index (χ2v) is 3.45. The second kappa shape index (κ2) is 5.17. The molecule has 0 saturated carbocycles. The Morgan fingerprint density at radius 1 is 1.53 bits per heavy atom. The van der Waals surface area contributed by atoms with Crippen LogP contribution in [0.4, 0.5) is 19.0 Å². The number of anilines is 1. The summed E-state index contributed by atoms with van der Waals surface area (Å²) in [6.07, 6.45) is -4.42. The van der Waals surface area contributed by atoms with Crippen molar-refractivity contribution in [3.8, 4) is 0 Å². The molecule has 0 radical (unpaired) electrons. The van der Waals surface area contributed by atoms with Gasteiger partial charge in [-0.3, -0.25) is 4.79 Å². The number of alkyl halides is 3. The molecule has 0 spiro atoms. The van der Waals surface area contributed by atoms with Crippen LogP contribution in [-0.4, -0.2) is 40.9 Å². The molecule has 0 aromatic carbocycles. The molecular weight excluding hydrogens is 239 g/mol. The van der Waals surface area contributed by atoms with E-state index in [0.29, 0.717) is 0 Å². The van der Waals surface area contributed by atoms with Gasteiger partial charge in [-0.05, 0) is 6.92 Å². The summed E-state index contributed by atoms with van der Waals surface area (Å²) in [5.74, 6) is 0.121. The van der Waals surface area contributed by atoms with Gasteiger partial charge in [0.2, 0.25) is 0 Å². The molecule has 0 bridgehead atoms. The van der Waals surface area contributed by atoms with Crippen LogP contribution in [0.25, 0.3) is 0 Å². The molecule has 0 aliphatic rings. The standard InChI is InChI=1S/C9H12F3N3O2/c1-6-13-7(4-8(17)14-6)15(2-3-16)5-9(10,11)12/h4,16H,2-3,5H2,1H3,(H,13,14,17). The lowest BCUT2D eigenvalue weighted by Crippen LogP contribution is -2.37. The van der Waals surface area contributed by atoms with Crippen molar-refractivity contribution >= 4 is 5.82 Å². The van der Waals surface area contributed by atoms with Crippen molar-refractivity contribution in [1.82, 2.24) is 9.97 Å². The van der Waals surface area contributed by atoms with Gasteiger partial charge in [-0.15, -0.1) is 0 Å². The molecule has 0 saturated heterocycles. The van der Waals surface area contributed by atoms with Crippen LogP contribution < -0.4 is 10.5 Å². The number of aryl methyl sites for hydroxylation is 1. The molecule has 0 fully saturated rings. The number of aliphatic hydroxyl groups excluding tert-OH is 1.